The largest absolute Gasteiger partial charge is 0.465 e. The van der Waals surface area contributed by atoms with Gasteiger partial charge in [-0.1, -0.05) is 12.8 Å². The van der Waals surface area contributed by atoms with Gasteiger partial charge in [0.05, 0.1) is 0 Å². The van der Waals surface area contributed by atoms with Crippen molar-refractivity contribution in [3.8, 4) is 12.0 Å². The number of primary amides is 1. The van der Waals surface area contributed by atoms with Crippen LogP contribution in [0.2, 0.25) is 0 Å². The average Bonchev–Trinajstić information content (AvgIpc) is 1.82. The van der Waals surface area contributed by atoms with Crippen molar-refractivity contribution in [3.05, 3.63) is 0 Å². The fraction of sp³-hybridized carbons (Fsp3) is 0.500. The molecule has 0 aromatic rings. The predicted molar refractivity (Wildman–Crippen MR) is 36.8 cm³/mol. The zero-order valence-electron chi connectivity index (χ0n) is 5.79. The summed E-state index contributed by atoms with van der Waals surface area (Å²) in [6.07, 6.45) is 2.31. The van der Waals surface area contributed by atoms with E-state index in [0.717, 1.165) is 12.8 Å². The van der Waals surface area contributed by atoms with Crippen molar-refractivity contribution in [1.82, 2.24) is 0 Å². The summed E-state index contributed by atoms with van der Waals surface area (Å²) in [7, 11) is 0. The van der Waals surface area contributed by atoms with Gasteiger partial charge in [0.1, 0.15) is 6.11 Å². The summed E-state index contributed by atoms with van der Waals surface area (Å²) in [6, 6.07) is 0. The van der Waals surface area contributed by atoms with E-state index in [4.69, 9.17) is 15.0 Å². The van der Waals surface area contributed by atoms with E-state index >= 15 is 0 Å². The van der Waals surface area contributed by atoms with E-state index in [1.165, 1.54) is 0 Å². The third-order valence-corrected chi connectivity index (χ3v) is 0.454. The molecule has 0 radical (unpaired) electrons. The number of amides is 1. The van der Waals surface area contributed by atoms with Gasteiger partial charge in [-0.2, -0.15) is 0 Å². The molecule has 0 aliphatic carbocycles. The minimum Gasteiger partial charge on any atom is -0.465 e. The zero-order chi connectivity index (χ0) is 8.41. The van der Waals surface area contributed by atoms with Crippen LogP contribution in [0.5, 0.6) is 0 Å². The Kier molecular flexibility index (Phi) is 12.1. The third-order valence-electron chi connectivity index (χ3n) is 0.454. The molecular weight excluding hydrogens is 134 g/mol. The number of carboxylic acid groups (broad SMARTS) is 1. The van der Waals surface area contributed by atoms with E-state index in [-0.39, 0.29) is 0 Å². The van der Waals surface area contributed by atoms with Gasteiger partial charge in [0, 0.05) is 6.42 Å². The van der Waals surface area contributed by atoms with E-state index in [1.54, 1.807) is 0 Å². The second-order valence-electron chi connectivity index (χ2n) is 1.38. The first-order chi connectivity index (χ1) is 4.65. The standard InChI is InChI=1S/C5H8O.CH3NO2/c1-2-3-4-5-6;2-1(3)4/h6H,2-3H2,1H3;2H2,(H,3,4). The summed E-state index contributed by atoms with van der Waals surface area (Å²) in [5.74, 6) is 2.50. The first-order valence-electron chi connectivity index (χ1n) is 2.75. The molecule has 4 nitrogen and oxygen atoms in total. The Morgan fingerprint density at radius 2 is 2.10 bits per heavy atom. The first-order valence-corrected chi connectivity index (χ1v) is 2.75. The summed E-state index contributed by atoms with van der Waals surface area (Å²) >= 11 is 0. The highest BCUT2D eigenvalue weighted by Crippen LogP contribution is 1.78. The quantitative estimate of drug-likeness (QED) is 0.476. The van der Waals surface area contributed by atoms with Crippen molar-refractivity contribution >= 4 is 6.09 Å². The van der Waals surface area contributed by atoms with Crippen LogP contribution in [-0.2, 0) is 0 Å². The average molecular weight is 145 g/mol. The first kappa shape index (κ1) is 11.4. The van der Waals surface area contributed by atoms with Gasteiger partial charge in [0.25, 0.3) is 0 Å². The normalized spacial score (nSPS) is 6.10. The van der Waals surface area contributed by atoms with Gasteiger partial charge in [-0.3, -0.25) is 0 Å². The number of rotatable bonds is 1. The van der Waals surface area contributed by atoms with E-state index in [0.29, 0.717) is 0 Å². The van der Waals surface area contributed by atoms with Crippen LogP contribution in [0.3, 0.4) is 0 Å². The molecule has 0 bridgehead atoms. The van der Waals surface area contributed by atoms with Crippen LogP contribution >= 0.6 is 0 Å². The molecule has 0 atom stereocenters. The summed E-state index contributed by atoms with van der Waals surface area (Å²) in [5, 5.41) is 15.0. The van der Waals surface area contributed by atoms with Gasteiger partial charge in [-0.15, -0.1) is 0 Å². The number of unbranched alkanes of at least 4 members (excludes halogenated alkanes) is 1. The number of hydrogen-bond acceptors (Lipinski definition) is 2. The van der Waals surface area contributed by atoms with Crippen LogP contribution in [-0.4, -0.2) is 16.3 Å². The Morgan fingerprint density at radius 1 is 1.70 bits per heavy atom. The third kappa shape index (κ3) is 79.1. The molecule has 0 saturated carbocycles. The summed E-state index contributed by atoms with van der Waals surface area (Å²) in [6.45, 7) is 2.02. The van der Waals surface area contributed by atoms with Crippen LogP contribution in [0.1, 0.15) is 19.8 Å². The molecule has 10 heavy (non-hydrogen) atoms. The maximum atomic E-state index is 8.78. The zero-order valence-corrected chi connectivity index (χ0v) is 5.79. The molecule has 0 aromatic heterocycles. The lowest BCUT2D eigenvalue weighted by atomic mass is 10.4. The van der Waals surface area contributed by atoms with Gasteiger partial charge >= 0.3 is 6.09 Å². The molecular formula is C6H11NO3. The highest BCUT2D eigenvalue weighted by atomic mass is 16.4. The molecule has 0 aliphatic heterocycles. The van der Waals surface area contributed by atoms with Crippen molar-refractivity contribution < 1.29 is 15.0 Å². The molecule has 0 aromatic carbocycles. The predicted octanol–water partition coefficient (Wildman–Crippen LogP) is 0.743. The molecule has 4 heteroatoms. The molecule has 0 aliphatic rings. The van der Waals surface area contributed by atoms with Crippen molar-refractivity contribution in [2.45, 2.75) is 19.8 Å². The van der Waals surface area contributed by atoms with Gasteiger partial charge in [0.15, 0.2) is 0 Å². The number of aliphatic hydroxyl groups is 1. The number of nitrogens with two attached hydrogens (primary N) is 1. The summed E-state index contributed by atoms with van der Waals surface area (Å²) in [5.41, 5.74) is 4.03. The van der Waals surface area contributed by atoms with Crippen LogP contribution in [0.25, 0.3) is 0 Å². The maximum Gasteiger partial charge on any atom is 0.402 e. The van der Waals surface area contributed by atoms with Gasteiger partial charge in [-0.25, -0.2) is 4.79 Å². The van der Waals surface area contributed by atoms with E-state index in [2.05, 4.69) is 11.7 Å². The van der Waals surface area contributed by atoms with E-state index < -0.39 is 6.09 Å². The smallest absolute Gasteiger partial charge is 0.402 e. The fourth-order valence-corrected chi connectivity index (χ4v) is 0.181. The Bertz CT molecular complexity index is 130. The summed E-state index contributed by atoms with van der Waals surface area (Å²) in [4.78, 5) is 8.78. The maximum absolute atomic E-state index is 8.78. The monoisotopic (exact) mass is 145 g/mol. The van der Waals surface area contributed by atoms with Crippen molar-refractivity contribution in [1.29, 1.82) is 0 Å². The highest BCUT2D eigenvalue weighted by molar-refractivity contribution is 5.61. The number of carbonyl (C=O) groups is 1. The molecule has 1 amide bonds. The van der Waals surface area contributed by atoms with Crippen LogP contribution < -0.4 is 5.73 Å². The fourth-order valence-electron chi connectivity index (χ4n) is 0.181. The molecule has 0 saturated heterocycles. The molecule has 0 unspecified atom stereocenters. The molecule has 0 rings (SSSR count). The highest BCUT2D eigenvalue weighted by Gasteiger charge is 1.65. The minimum atomic E-state index is -1.33. The van der Waals surface area contributed by atoms with Gasteiger partial charge in [-0.05, 0) is 6.42 Å². The van der Waals surface area contributed by atoms with Crippen molar-refractivity contribution in [2.75, 3.05) is 0 Å². The number of aliphatic hydroxyl groups excluding tert-OH is 1. The lowest BCUT2D eigenvalue weighted by Crippen LogP contribution is -2.03. The van der Waals surface area contributed by atoms with E-state index in [9.17, 15) is 0 Å². The van der Waals surface area contributed by atoms with Crippen LogP contribution in [0.4, 0.5) is 4.79 Å². The Hall–Kier alpha value is -1.37. The Labute approximate surface area is 59.7 Å². The van der Waals surface area contributed by atoms with Crippen LogP contribution in [0, 0.1) is 12.0 Å². The minimum absolute atomic E-state index is 0.802. The topological polar surface area (TPSA) is 83.5 Å². The summed E-state index contributed by atoms with van der Waals surface area (Å²) < 4.78 is 0. The molecule has 58 valence electrons. The van der Waals surface area contributed by atoms with E-state index in [1.807, 2.05) is 13.0 Å². The number of hydrogen-bond donors (Lipinski definition) is 3. The van der Waals surface area contributed by atoms with Crippen molar-refractivity contribution in [2.24, 2.45) is 5.73 Å². The molecule has 0 fully saturated rings. The lowest BCUT2D eigenvalue weighted by molar-refractivity contribution is 0.205. The Morgan fingerprint density at radius 3 is 2.20 bits per heavy atom. The van der Waals surface area contributed by atoms with Gasteiger partial charge < -0.3 is 15.9 Å². The van der Waals surface area contributed by atoms with Gasteiger partial charge in [0.2, 0.25) is 0 Å². The molecule has 0 heterocycles. The SMILES string of the molecule is CCCC#CO.NC(=O)O. The van der Waals surface area contributed by atoms with Crippen molar-refractivity contribution in [3.63, 3.8) is 0 Å². The second-order valence-corrected chi connectivity index (χ2v) is 1.38. The second kappa shape index (κ2) is 10.6. The molecule has 4 N–H and O–H groups in total. The van der Waals surface area contributed by atoms with Crippen LogP contribution in [0.15, 0.2) is 0 Å². The Balaban J connectivity index is 0. The molecule has 0 spiro atoms. The lowest BCUT2D eigenvalue weighted by Gasteiger charge is -1.70.